The summed E-state index contributed by atoms with van der Waals surface area (Å²) >= 11 is 0. The first kappa shape index (κ1) is 16.8. The van der Waals surface area contributed by atoms with Crippen molar-refractivity contribution in [3.8, 4) is 11.1 Å². The van der Waals surface area contributed by atoms with Crippen molar-refractivity contribution in [3.05, 3.63) is 78.2 Å². The zero-order valence-corrected chi connectivity index (χ0v) is 15.2. The fourth-order valence-corrected chi connectivity index (χ4v) is 3.87. The van der Waals surface area contributed by atoms with Crippen LogP contribution in [0.15, 0.2) is 65.5 Å². The van der Waals surface area contributed by atoms with Gasteiger partial charge in [0.05, 0.1) is 11.7 Å². The van der Waals surface area contributed by atoms with Gasteiger partial charge >= 0.3 is 0 Å². The van der Waals surface area contributed by atoms with Crippen molar-refractivity contribution >= 4 is 17.4 Å². The fraction of sp³-hybridized carbons (Fsp3) is 0.182. The van der Waals surface area contributed by atoms with E-state index >= 15 is 0 Å². The van der Waals surface area contributed by atoms with Gasteiger partial charge in [0.25, 0.3) is 0 Å². The van der Waals surface area contributed by atoms with Gasteiger partial charge in [-0.2, -0.15) is 0 Å². The quantitative estimate of drug-likeness (QED) is 0.500. The molecule has 1 atom stereocenters. The highest BCUT2D eigenvalue weighted by molar-refractivity contribution is 5.76. The minimum absolute atomic E-state index is 0.323. The van der Waals surface area contributed by atoms with Gasteiger partial charge in [0.2, 0.25) is 0 Å². The Labute approximate surface area is 161 Å². The summed E-state index contributed by atoms with van der Waals surface area (Å²) in [6, 6.07) is 13.3. The summed E-state index contributed by atoms with van der Waals surface area (Å²) in [5, 5.41) is 0. The lowest BCUT2D eigenvalue weighted by Crippen LogP contribution is -2.25. The Bertz CT molecular complexity index is 1110. The Kier molecular flexibility index (Phi) is 4.18. The van der Waals surface area contributed by atoms with Crippen molar-refractivity contribution in [2.75, 3.05) is 6.54 Å². The number of oxazole rings is 1. The molecule has 3 aromatic heterocycles. The molecular weight excluding hydrogens is 352 g/mol. The van der Waals surface area contributed by atoms with Crippen LogP contribution in [0.5, 0.6) is 0 Å². The average Bonchev–Trinajstić information content (AvgIpc) is 3.33. The molecule has 138 valence electrons. The summed E-state index contributed by atoms with van der Waals surface area (Å²) in [4.78, 5) is 27.3. The highest BCUT2D eigenvalue weighted by Crippen LogP contribution is 2.38. The summed E-state index contributed by atoms with van der Waals surface area (Å²) in [5.41, 5.74) is 5.66. The van der Waals surface area contributed by atoms with Gasteiger partial charge in [-0.05, 0) is 41.5 Å². The number of benzene rings is 1. The maximum Gasteiger partial charge on any atom is 0.196 e. The third-order valence-electron chi connectivity index (χ3n) is 5.19. The molecule has 6 heteroatoms. The molecule has 0 saturated carbocycles. The summed E-state index contributed by atoms with van der Waals surface area (Å²) in [6.07, 6.45) is 6.97. The number of rotatable bonds is 5. The number of carbonyl (C=O) groups is 1. The molecule has 0 N–H and O–H groups in total. The zero-order chi connectivity index (χ0) is 18.9. The Hall–Kier alpha value is -3.38. The lowest BCUT2D eigenvalue weighted by atomic mass is 9.97. The summed E-state index contributed by atoms with van der Waals surface area (Å²) < 4.78 is 5.82. The predicted molar refractivity (Wildman–Crippen MR) is 104 cm³/mol. The zero-order valence-electron chi connectivity index (χ0n) is 15.2. The van der Waals surface area contributed by atoms with Gasteiger partial charge in [-0.3, -0.25) is 14.9 Å². The molecule has 4 aromatic rings. The van der Waals surface area contributed by atoms with Crippen molar-refractivity contribution in [1.82, 2.24) is 19.9 Å². The monoisotopic (exact) mass is 370 g/mol. The third kappa shape index (κ3) is 2.88. The normalized spacial score (nSPS) is 16.4. The first-order valence-electron chi connectivity index (χ1n) is 9.25. The van der Waals surface area contributed by atoms with E-state index in [4.69, 9.17) is 4.42 Å². The molecule has 1 unspecified atom stereocenters. The van der Waals surface area contributed by atoms with Crippen LogP contribution < -0.4 is 0 Å². The predicted octanol–water partition coefficient (Wildman–Crippen LogP) is 3.58. The molecule has 0 amide bonds. The van der Waals surface area contributed by atoms with E-state index in [-0.39, 0.29) is 6.04 Å². The minimum Gasteiger partial charge on any atom is -0.441 e. The molecule has 28 heavy (non-hydrogen) atoms. The smallest absolute Gasteiger partial charge is 0.196 e. The van der Waals surface area contributed by atoms with E-state index in [0.29, 0.717) is 25.4 Å². The number of aldehydes is 1. The number of nitrogens with zero attached hydrogens (tertiary/aromatic N) is 4. The van der Waals surface area contributed by atoms with Crippen molar-refractivity contribution in [2.45, 2.75) is 19.0 Å². The van der Waals surface area contributed by atoms with E-state index in [1.165, 1.54) is 0 Å². The van der Waals surface area contributed by atoms with Crippen molar-refractivity contribution < 1.29 is 9.21 Å². The maximum atomic E-state index is 12.0. The molecule has 0 saturated heterocycles. The average molecular weight is 370 g/mol. The number of fused-ring (bicyclic) bond motifs is 2. The standard InChI is InChI=1S/C22H18N4O2/c27-14-19-22-16(15-5-9-23-10-6-15)7-11-24-18(22)13-26(19)12-8-21-25-17-3-1-2-4-20(17)28-21/h1-7,9-11,14,19H,8,12-13H2. The number of para-hydroxylation sites is 2. The Morgan fingerprint density at radius 3 is 2.79 bits per heavy atom. The third-order valence-corrected chi connectivity index (χ3v) is 5.19. The Morgan fingerprint density at radius 1 is 1.11 bits per heavy atom. The first-order chi connectivity index (χ1) is 13.8. The molecule has 1 aliphatic rings. The van der Waals surface area contributed by atoms with Crippen LogP contribution in [0.25, 0.3) is 22.2 Å². The minimum atomic E-state index is -0.323. The van der Waals surface area contributed by atoms with Gasteiger partial charge < -0.3 is 9.21 Å². The second-order valence-electron chi connectivity index (χ2n) is 6.83. The molecule has 0 bridgehead atoms. The van der Waals surface area contributed by atoms with Crippen molar-refractivity contribution in [1.29, 1.82) is 0 Å². The van der Waals surface area contributed by atoms with E-state index in [1.807, 2.05) is 42.5 Å². The molecule has 0 aliphatic carbocycles. The molecule has 1 aliphatic heterocycles. The molecule has 4 heterocycles. The van der Waals surface area contributed by atoms with Crippen LogP contribution in [0.2, 0.25) is 0 Å². The van der Waals surface area contributed by atoms with Crippen LogP contribution >= 0.6 is 0 Å². The molecular formula is C22H18N4O2. The van der Waals surface area contributed by atoms with Gasteiger partial charge in [0, 0.05) is 43.7 Å². The second kappa shape index (κ2) is 6.98. The van der Waals surface area contributed by atoms with E-state index in [2.05, 4.69) is 19.9 Å². The van der Waals surface area contributed by atoms with Gasteiger partial charge in [-0.1, -0.05) is 12.1 Å². The second-order valence-corrected chi connectivity index (χ2v) is 6.83. The number of hydrogen-bond donors (Lipinski definition) is 0. The van der Waals surface area contributed by atoms with Gasteiger partial charge in [-0.15, -0.1) is 0 Å². The van der Waals surface area contributed by atoms with Crippen LogP contribution in [0.3, 0.4) is 0 Å². The van der Waals surface area contributed by atoms with Crippen LogP contribution in [0.4, 0.5) is 0 Å². The highest BCUT2D eigenvalue weighted by Gasteiger charge is 2.33. The highest BCUT2D eigenvalue weighted by atomic mass is 16.3. The van der Waals surface area contributed by atoms with Crippen molar-refractivity contribution in [2.24, 2.45) is 0 Å². The Morgan fingerprint density at radius 2 is 1.96 bits per heavy atom. The summed E-state index contributed by atoms with van der Waals surface area (Å²) in [5.74, 6) is 0.684. The molecule has 5 rings (SSSR count). The Balaban J connectivity index is 1.41. The van der Waals surface area contributed by atoms with Crippen LogP contribution in [0, 0.1) is 0 Å². The number of pyridine rings is 2. The molecule has 1 aromatic carbocycles. The topological polar surface area (TPSA) is 72.1 Å². The van der Waals surface area contributed by atoms with Crippen LogP contribution in [0.1, 0.15) is 23.2 Å². The van der Waals surface area contributed by atoms with E-state index < -0.39 is 0 Å². The molecule has 0 spiro atoms. The van der Waals surface area contributed by atoms with Gasteiger partial charge in [0.1, 0.15) is 11.8 Å². The fourth-order valence-electron chi connectivity index (χ4n) is 3.87. The lowest BCUT2D eigenvalue weighted by Gasteiger charge is -2.20. The van der Waals surface area contributed by atoms with E-state index in [9.17, 15) is 4.79 Å². The van der Waals surface area contributed by atoms with E-state index in [0.717, 1.165) is 39.8 Å². The molecule has 0 radical (unpaired) electrons. The summed E-state index contributed by atoms with van der Waals surface area (Å²) in [6.45, 7) is 1.31. The molecule has 0 fully saturated rings. The van der Waals surface area contributed by atoms with E-state index in [1.54, 1.807) is 18.6 Å². The largest absolute Gasteiger partial charge is 0.441 e. The number of hydrogen-bond acceptors (Lipinski definition) is 6. The number of aromatic nitrogens is 3. The van der Waals surface area contributed by atoms with Crippen LogP contribution in [-0.2, 0) is 17.8 Å². The van der Waals surface area contributed by atoms with Gasteiger partial charge in [-0.25, -0.2) is 4.98 Å². The van der Waals surface area contributed by atoms with Crippen molar-refractivity contribution in [3.63, 3.8) is 0 Å². The molecule has 6 nitrogen and oxygen atoms in total. The SMILES string of the molecule is O=CC1c2c(-c3ccncc3)ccnc2CN1CCc1nc2ccccc2o1. The van der Waals surface area contributed by atoms with Crippen LogP contribution in [-0.4, -0.2) is 32.7 Å². The van der Waals surface area contributed by atoms with Gasteiger partial charge in [0.15, 0.2) is 11.5 Å². The number of carbonyl (C=O) groups excluding carboxylic acids is 1. The lowest BCUT2D eigenvalue weighted by molar-refractivity contribution is -0.112. The maximum absolute atomic E-state index is 12.0. The first-order valence-corrected chi connectivity index (χ1v) is 9.25. The summed E-state index contributed by atoms with van der Waals surface area (Å²) in [7, 11) is 0.